The van der Waals surface area contributed by atoms with Crippen LogP contribution in [-0.2, 0) is 0 Å². The Morgan fingerprint density at radius 2 is 1.83 bits per heavy atom. The van der Waals surface area contributed by atoms with Crippen LogP contribution in [0, 0.1) is 5.92 Å². The molecule has 0 atom stereocenters. The van der Waals surface area contributed by atoms with Gasteiger partial charge in [-0.25, -0.2) is 0 Å². The Morgan fingerprint density at radius 3 is 2.08 bits per heavy atom. The fraction of sp³-hybridized carbons (Fsp3) is 0.600. The number of rotatable bonds is 3. The van der Waals surface area contributed by atoms with Crippen molar-refractivity contribution in [3.8, 4) is 0 Å². The van der Waals surface area contributed by atoms with Gasteiger partial charge in [-0.05, 0) is 5.92 Å². The number of nitrogens with zero attached hydrogens (tertiary/aromatic N) is 2. The van der Waals surface area contributed by atoms with E-state index in [1.807, 2.05) is 13.8 Å². The van der Waals surface area contributed by atoms with Gasteiger partial charge in [-0.2, -0.15) is 0 Å². The molecule has 0 fully saturated rings. The Kier molecular flexibility index (Phi) is 11.5. The molecule has 0 N–H and O–H groups in total. The van der Waals surface area contributed by atoms with Crippen LogP contribution in [0.5, 0.6) is 0 Å². The highest BCUT2D eigenvalue weighted by Crippen LogP contribution is 1.94. The molecule has 0 saturated heterocycles. The topological polar surface area (TPSA) is 24.7 Å². The first-order valence-corrected chi connectivity index (χ1v) is 4.33. The predicted octanol–water partition coefficient (Wildman–Crippen LogP) is 2.95. The van der Waals surface area contributed by atoms with E-state index >= 15 is 0 Å². The summed E-state index contributed by atoms with van der Waals surface area (Å²) in [6.07, 6.45) is 3.30. The van der Waals surface area contributed by atoms with Gasteiger partial charge in [-0.15, -0.1) is 0 Å². The van der Waals surface area contributed by atoms with Crippen LogP contribution in [-0.4, -0.2) is 19.0 Å². The SMILES string of the molecule is C=CN=C(C=NC)C(C)C.CC. The van der Waals surface area contributed by atoms with E-state index in [1.54, 1.807) is 13.3 Å². The summed E-state index contributed by atoms with van der Waals surface area (Å²) in [4.78, 5) is 7.92. The Morgan fingerprint density at radius 1 is 1.33 bits per heavy atom. The summed E-state index contributed by atoms with van der Waals surface area (Å²) in [7, 11) is 1.74. The first-order valence-electron chi connectivity index (χ1n) is 4.33. The van der Waals surface area contributed by atoms with Gasteiger partial charge in [0.05, 0.1) is 5.71 Å². The van der Waals surface area contributed by atoms with Crippen LogP contribution >= 0.6 is 0 Å². The lowest BCUT2D eigenvalue weighted by atomic mass is 10.1. The Bertz CT molecular complexity index is 155. The maximum atomic E-state index is 4.04. The van der Waals surface area contributed by atoms with E-state index in [9.17, 15) is 0 Å². The summed E-state index contributed by atoms with van der Waals surface area (Å²) < 4.78 is 0. The molecule has 0 aliphatic heterocycles. The van der Waals surface area contributed by atoms with Crippen molar-refractivity contribution >= 4 is 11.9 Å². The highest BCUT2D eigenvalue weighted by Gasteiger charge is 1.98. The van der Waals surface area contributed by atoms with Crippen molar-refractivity contribution in [2.45, 2.75) is 27.7 Å². The summed E-state index contributed by atoms with van der Waals surface area (Å²) in [5.41, 5.74) is 0.970. The minimum absolute atomic E-state index is 0.418. The molecule has 2 nitrogen and oxygen atoms in total. The van der Waals surface area contributed by atoms with Crippen molar-refractivity contribution in [1.29, 1.82) is 0 Å². The average Bonchev–Trinajstić information content (AvgIpc) is 2.08. The van der Waals surface area contributed by atoms with Crippen molar-refractivity contribution in [1.82, 2.24) is 0 Å². The molecule has 70 valence electrons. The molecule has 0 aliphatic carbocycles. The summed E-state index contributed by atoms with van der Waals surface area (Å²) >= 11 is 0. The minimum Gasteiger partial charge on any atom is -0.295 e. The molecule has 0 saturated carbocycles. The van der Waals surface area contributed by atoms with E-state index in [-0.39, 0.29) is 0 Å². The third kappa shape index (κ3) is 7.19. The molecule has 0 aromatic carbocycles. The molecule has 0 amide bonds. The number of hydrogen-bond acceptors (Lipinski definition) is 2. The van der Waals surface area contributed by atoms with Crippen molar-refractivity contribution in [2.24, 2.45) is 15.9 Å². The van der Waals surface area contributed by atoms with Crippen LogP contribution in [0.4, 0.5) is 0 Å². The second-order valence-corrected chi connectivity index (χ2v) is 2.28. The van der Waals surface area contributed by atoms with Gasteiger partial charge in [0.25, 0.3) is 0 Å². The molecule has 0 aromatic rings. The lowest BCUT2D eigenvalue weighted by Crippen LogP contribution is -2.08. The van der Waals surface area contributed by atoms with Crippen molar-refractivity contribution in [2.75, 3.05) is 7.05 Å². The minimum atomic E-state index is 0.418. The largest absolute Gasteiger partial charge is 0.295 e. The molecule has 0 bridgehead atoms. The molecule has 0 spiro atoms. The molecule has 0 aliphatic rings. The van der Waals surface area contributed by atoms with Gasteiger partial charge in [0.2, 0.25) is 0 Å². The second-order valence-electron chi connectivity index (χ2n) is 2.28. The third-order valence-corrected chi connectivity index (χ3v) is 1.09. The van der Waals surface area contributed by atoms with Gasteiger partial charge in [0, 0.05) is 19.5 Å². The first-order chi connectivity index (χ1) is 5.72. The van der Waals surface area contributed by atoms with E-state index < -0.39 is 0 Å². The standard InChI is InChI=1S/C8H14N2.C2H6/c1-5-10-8(6-9-4)7(2)3;1-2/h5-7H,1H2,2-4H3;1-2H3. The van der Waals surface area contributed by atoms with Crippen molar-refractivity contribution in [3.63, 3.8) is 0 Å². The van der Waals surface area contributed by atoms with E-state index in [0.717, 1.165) is 5.71 Å². The predicted molar refractivity (Wildman–Crippen MR) is 58.2 cm³/mol. The maximum absolute atomic E-state index is 4.04. The van der Waals surface area contributed by atoms with Gasteiger partial charge in [0.15, 0.2) is 0 Å². The Labute approximate surface area is 76.1 Å². The van der Waals surface area contributed by atoms with E-state index in [2.05, 4.69) is 30.4 Å². The van der Waals surface area contributed by atoms with Crippen LogP contribution in [0.3, 0.4) is 0 Å². The monoisotopic (exact) mass is 168 g/mol. The van der Waals surface area contributed by atoms with Crippen LogP contribution in [0.25, 0.3) is 0 Å². The molecule has 12 heavy (non-hydrogen) atoms. The van der Waals surface area contributed by atoms with Gasteiger partial charge in [-0.1, -0.05) is 34.3 Å². The van der Waals surface area contributed by atoms with E-state index in [4.69, 9.17) is 0 Å². The first kappa shape index (κ1) is 13.7. The summed E-state index contributed by atoms with van der Waals surface area (Å²) in [6.45, 7) is 11.7. The summed E-state index contributed by atoms with van der Waals surface area (Å²) in [5.74, 6) is 0.418. The third-order valence-electron chi connectivity index (χ3n) is 1.09. The van der Waals surface area contributed by atoms with Crippen molar-refractivity contribution < 1.29 is 0 Å². The molecule has 0 heterocycles. The quantitative estimate of drug-likeness (QED) is 0.579. The fourth-order valence-electron chi connectivity index (χ4n) is 0.569. The molecular formula is C10H20N2. The second kappa shape index (κ2) is 10.1. The lowest BCUT2D eigenvalue weighted by Gasteiger charge is -2.00. The Hall–Kier alpha value is -0.920. The highest BCUT2D eigenvalue weighted by molar-refractivity contribution is 6.31. The molecule has 0 aromatic heterocycles. The van der Waals surface area contributed by atoms with Gasteiger partial charge in [-0.3, -0.25) is 9.98 Å². The molecule has 0 unspecified atom stereocenters. The zero-order chi connectivity index (χ0) is 9.98. The average molecular weight is 168 g/mol. The number of aliphatic imine (C=N–C) groups is 2. The summed E-state index contributed by atoms with van der Waals surface area (Å²) in [6, 6.07) is 0. The van der Waals surface area contributed by atoms with E-state index in [0.29, 0.717) is 5.92 Å². The van der Waals surface area contributed by atoms with Crippen LogP contribution in [0.15, 0.2) is 22.8 Å². The molecule has 2 heteroatoms. The Balaban J connectivity index is 0. The van der Waals surface area contributed by atoms with Crippen LogP contribution in [0.2, 0.25) is 0 Å². The molecule has 0 rings (SSSR count). The van der Waals surface area contributed by atoms with Gasteiger partial charge >= 0.3 is 0 Å². The van der Waals surface area contributed by atoms with Crippen LogP contribution < -0.4 is 0 Å². The van der Waals surface area contributed by atoms with Gasteiger partial charge < -0.3 is 0 Å². The lowest BCUT2D eigenvalue weighted by molar-refractivity contribution is 0.895. The normalized spacial score (nSPS) is 11.3. The smallest absolute Gasteiger partial charge is 0.0606 e. The zero-order valence-electron chi connectivity index (χ0n) is 8.83. The molecule has 0 radical (unpaired) electrons. The molecular weight excluding hydrogens is 148 g/mol. The van der Waals surface area contributed by atoms with E-state index in [1.165, 1.54) is 6.20 Å². The van der Waals surface area contributed by atoms with Gasteiger partial charge in [0.1, 0.15) is 0 Å². The van der Waals surface area contributed by atoms with Crippen LogP contribution in [0.1, 0.15) is 27.7 Å². The summed E-state index contributed by atoms with van der Waals surface area (Å²) in [5, 5.41) is 0. The maximum Gasteiger partial charge on any atom is 0.0606 e. The van der Waals surface area contributed by atoms with Crippen molar-refractivity contribution in [3.05, 3.63) is 12.8 Å². The highest BCUT2D eigenvalue weighted by atomic mass is 14.7. The number of hydrogen-bond donors (Lipinski definition) is 0. The fourth-order valence-corrected chi connectivity index (χ4v) is 0.569. The zero-order valence-corrected chi connectivity index (χ0v) is 8.83.